The molecule has 0 heterocycles. The van der Waals surface area contributed by atoms with Crippen molar-refractivity contribution in [3.05, 3.63) is 29.8 Å². The maximum atomic E-state index is 11.4. The lowest BCUT2D eigenvalue weighted by molar-refractivity contribution is 0.200. The number of para-hydroxylation sites is 1. The molecule has 0 saturated heterocycles. The van der Waals surface area contributed by atoms with Gasteiger partial charge in [-0.05, 0) is 31.0 Å². The monoisotopic (exact) mass is 222 g/mol. The van der Waals surface area contributed by atoms with Crippen LogP contribution >= 0.6 is 0 Å². The van der Waals surface area contributed by atoms with E-state index in [1.165, 1.54) is 0 Å². The van der Waals surface area contributed by atoms with Crippen LogP contribution < -0.4 is 15.8 Å². The summed E-state index contributed by atoms with van der Waals surface area (Å²) < 4.78 is 5.19. The van der Waals surface area contributed by atoms with E-state index in [0.29, 0.717) is 18.8 Å². The van der Waals surface area contributed by atoms with Gasteiger partial charge < -0.3 is 15.8 Å². The van der Waals surface area contributed by atoms with Crippen LogP contribution in [0.3, 0.4) is 0 Å². The molecule has 0 radical (unpaired) electrons. The molecule has 0 saturated carbocycles. The van der Waals surface area contributed by atoms with Gasteiger partial charge in [-0.15, -0.1) is 0 Å². The standard InChI is InChI=1S/C12H18N2O2/c1-2-10-6-3-4-7-11(10)16-12(15)14-9-5-8-13/h3-4,6-7H,2,5,8-9,13H2,1H3,(H,14,15). The molecular formula is C12H18N2O2. The number of carbonyl (C=O) groups excluding carboxylic acids is 1. The lowest BCUT2D eigenvalue weighted by Gasteiger charge is -2.09. The van der Waals surface area contributed by atoms with Gasteiger partial charge >= 0.3 is 6.09 Å². The van der Waals surface area contributed by atoms with Crippen LogP contribution in [0.5, 0.6) is 5.75 Å². The molecule has 0 fully saturated rings. The number of amides is 1. The molecule has 0 bridgehead atoms. The van der Waals surface area contributed by atoms with Crippen molar-refractivity contribution in [2.45, 2.75) is 19.8 Å². The van der Waals surface area contributed by atoms with Gasteiger partial charge in [0.25, 0.3) is 0 Å². The van der Waals surface area contributed by atoms with E-state index in [2.05, 4.69) is 5.32 Å². The van der Waals surface area contributed by atoms with Crippen LogP contribution in [0.4, 0.5) is 4.79 Å². The highest BCUT2D eigenvalue weighted by atomic mass is 16.6. The van der Waals surface area contributed by atoms with Crippen molar-refractivity contribution < 1.29 is 9.53 Å². The number of nitrogens with two attached hydrogens (primary N) is 1. The second-order valence-electron chi connectivity index (χ2n) is 3.42. The number of aryl methyl sites for hydroxylation is 1. The van der Waals surface area contributed by atoms with Crippen molar-refractivity contribution in [1.82, 2.24) is 5.32 Å². The third-order valence-electron chi connectivity index (χ3n) is 2.21. The average molecular weight is 222 g/mol. The summed E-state index contributed by atoms with van der Waals surface area (Å²) in [5.41, 5.74) is 6.35. The fourth-order valence-electron chi connectivity index (χ4n) is 1.32. The molecule has 16 heavy (non-hydrogen) atoms. The molecule has 1 aromatic carbocycles. The highest BCUT2D eigenvalue weighted by Gasteiger charge is 2.06. The summed E-state index contributed by atoms with van der Waals surface area (Å²) in [6.45, 7) is 3.13. The van der Waals surface area contributed by atoms with E-state index in [1.54, 1.807) is 6.07 Å². The zero-order valence-corrected chi connectivity index (χ0v) is 9.53. The zero-order chi connectivity index (χ0) is 11.8. The molecule has 4 nitrogen and oxygen atoms in total. The molecule has 4 heteroatoms. The maximum Gasteiger partial charge on any atom is 0.412 e. The smallest absolute Gasteiger partial charge is 0.410 e. The molecule has 0 aromatic heterocycles. The predicted octanol–water partition coefficient (Wildman–Crippen LogP) is 1.69. The lowest BCUT2D eigenvalue weighted by atomic mass is 10.1. The van der Waals surface area contributed by atoms with E-state index < -0.39 is 6.09 Å². The largest absolute Gasteiger partial charge is 0.412 e. The van der Waals surface area contributed by atoms with Gasteiger partial charge in [0, 0.05) is 6.54 Å². The molecule has 1 amide bonds. The first kappa shape index (κ1) is 12.5. The summed E-state index contributed by atoms with van der Waals surface area (Å²) in [7, 11) is 0. The molecule has 0 unspecified atom stereocenters. The summed E-state index contributed by atoms with van der Waals surface area (Å²) in [4.78, 5) is 11.4. The third-order valence-corrected chi connectivity index (χ3v) is 2.21. The van der Waals surface area contributed by atoms with Crippen LogP contribution in [0.25, 0.3) is 0 Å². The van der Waals surface area contributed by atoms with Crippen molar-refractivity contribution in [1.29, 1.82) is 0 Å². The Balaban J connectivity index is 2.49. The first-order valence-electron chi connectivity index (χ1n) is 5.51. The Labute approximate surface area is 95.8 Å². The minimum absolute atomic E-state index is 0.422. The van der Waals surface area contributed by atoms with Gasteiger partial charge in [-0.3, -0.25) is 0 Å². The average Bonchev–Trinajstić information content (AvgIpc) is 2.30. The van der Waals surface area contributed by atoms with Crippen molar-refractivity contribution >= 4 is 6.09 Å². The van der Waals surface area contributed by atoms with E-state index >= 15 is 0 Å². The molecule has 0 atom stereocenters. The predicted molar refractivity (Wildman–Crippen MR) is 63.5 cm³/mol. The first-order valence-corrected chi connectivity index (χ1v) is 5.51. The Hall–Kier alpha value is -1.55. The van der Waals surface area contributed by atoms with Gasteiger partial charge in [0.2, 0.25) is 0 Å². The molecule has 0 spiro atoms. The van der Waals surface area contributed by atoms with Gasteiger partial charge in [-0.25, -0.2) is 4.79 Å². The van der Waals surface area contributed by atoms with Gasteiger partial charge in [-0.2, -0.15) is 0 Å². The number of hydrogen-bond acceptors (Lipinski definition) is 3. The maximum absolute atomic E-state index is 11.4. The topological polar surface area (TPSA) is 64.3 Å². The highest BCUT2D eigenvalue weighted by Crippen LogP contribution is 2.18. The molecule has 0 aliphatic carbocycles. The minimum atomic E-state index is -0.422. The number of rotatable bonds is 5. The van der Waals surface area contributed by atoms with Crippen LogP contribution in [0, 0.1) is 0 Å². The normalized spacial score (nSPS) is 9.88. The van der Waals surface area contributed by atoms with E-state index in [1.807, 2.05) is 25.1 Å². The number of carbonyl (C=O) groups is 1. The molecule has 1 aromatic rings. The van der Waals surface area contributed by atoms with Crippen LogP contribution in [0.15, 0.2) is 24.3 Å². The van der Waals surface area contributed by atoms with E-state index in [-0.39, 0.29) is 0 Å². The van der Waals surface area contributed by atoms with Crippen LogP contribution in [-0.4, -0.2) is 19.2 Å². The van der Waals surface area contributed by atoms with Gasteiger partial charge in [-0.1, -0.05) is 25.1 Å². The van der Waals surface area contributed by atoms with Crippen molar-refractivity contribution in [2.24, 2.45) is 5.73 Å². The van der Waals surface area contributed by atoms with Crippen molar-refractivity contribution in [2.75, 3.05) is 13.1 Å². The van der Waals surface area contributed by atoms with Crippen LogP contribution in [-0.2, 0) is 6.42 Å². The highest BCUT2D eigenvalue weighted by molar-refractivity contribution is 5.70. The zero-order valence-electron chi connectivity index (χ0n) is 9.53. The summed E-state index contributed by atoms with van der Waals surface area (Å²) in [6.07, 6.45) is 1.17. The molecular weight excluding hydrogens is 204 g/mol. The van der Waals surface area contributed by atoms with Gasteiger partial charge in [0.15, 0.2) is 0 Å². The second kappa shape index (κ2) is 6.85. The SMILES string of the molecule is CCc1ccccc1OC(=O)NCCCN. The Morgan fingerprint density at radius 1 is 1.44 bits per heavy atom. The number of benzene rings is 1. The molecule has 3 N–H and O–H groups in total. The number of hydrogen-bond donors (Lipinski definition) is 2. The molecule has 0 aliphatic heterocycles. The Morgan fingerprint density at radius 2 is 2.19 bits per heavy atom. The quantitative estimate of drug-likeness (QED) is 0.745. The van der Waals surface area contributed by atoms with Gasteiger partial charge in [0.1, 0.15) is 5.75 Å². The summed E-state index contributed by atoms with van der Waals surface area (Å²) in [5.74, 6) is 0.621. The summed E-state index contributed by atoms with van der Waals surface area (Å²) in [6, 6.07) is 7.52. The summed E-state index contributed by atoms with van der Waals surface area (Å²) in [5, 5.41) is 2.64. The Morgan fingerprint density at radius 3 is 2.88 bits per heavy atom. The van der Waals surface area contributed by atoms with Crippen LogP contribution in [0.1, 0.15) is 18.9 Å². The van der Waals surface area contributed by atoms with E-state index in [9.17, 15) is 4.79 Å². The van der Waals surface area contributed by atoms with Crippen LogP contribution in [0.2, 0.25) is 0 Å². The molecule has 0 aliphatic rings. The van der Waals surface area contributed by atoms with E-state index in [0.717, 1.165) is 18.4 Å². The third kappa shape index (κ3) is 3.90. The first-order chi connectivity index (χ1) is 7.77. The second-order valence-corrected chi connectivity index (χ2v) is 3.42. The minimum Gasteiger partial charge on any atom is -0.410 e. The Bertz CT molecular complexity index is 340. The number of nitrogens with one attached hydrogen (secondary N) is 1. The van der Waals surface area contributed by atoms with Gasteiger partial charge in [0.05, 0.1) is 0 Å². The molecule has 88 valence electrons. The lowest BCUT2D eigenvalue weighted by Crippen LogP contribution is -2.29. The molecule has 1 rings (SSSR count). The van der Waals surface area contributed by atoms with E-state index in [4.69, 9.17) is 10.5 Å². The fraction of sp³-hybridized carbons (Fsp3) is 0.417. The fourth-order valence-corrected chi connectivity index (χ4v) is 1.32. The summed E-state index contributed by atoms with van der Waals surface area (Å²) >= 11 is 0. The van der Waals surface area contributed by atoms with Crippen molar-refractivity contribution in [3.63, 3.8) is 0 Å². The Kier molecular flexibility index (Phi) is 5.36. The number of ether oxygens (including phenoxy) is 1. The van der Waals surface area contributed by atoms with Crippen molar-refractivity contribution in [3.8, 4) is 5.75 Å².